The lowest BCUT2D eigenvalue weighted by Gasteiger charge is -2.52. The third kappa shape index (κ3) is 2.48. The Morgan fingerprint density at radius 3 is 2.35 bits per heavy atom. The van der Waals surface area contributed by atoms with Crippen LogP contribution in [0.1, 0.15) is 39.5 Å². The predicted molar refractivity (Wildman–Crippen MR) is 78.7 cm³/mol. The summed E-state index contributed by atoms with van der Waals surface area (Å²) in [5.41, 5.74) is -0.591. The maximum atomic E-state index is 11.5. The molecule has 4 fully saturated rings. The lowest BCUT2D eigenvalue weighted by atomic mass is 9.73. The van der Waals surface area contributed by atoms with Gasteiger partial charge in [-0.1, -0.05) is 0 Å². The highest BCUT2D eigenvalue weighted by Crippen LogP contribution is 2.38. The maximum Gasteiger partial charge on any atom is 0.309 e. The summed E-state index contributed by atoms with van der Waals surface area (Å²) in [6, 6.07) is 0.685. The van der Waals surface area contributed by atoms with Crippen molar-refractivity contribution in [1.29, 1.82) is 0 Å². The number of carbonyl (C=O) groups is 1. The number of hydrogen-bond donors (Lipinski definition) is 1. The van der Waals surface area contributed by atoms with E-state index in [4.69, 9.17) is 0 Å². The normalized spacial score (nSPS) is 38.9. The summed E-state index contributed by atoms with van der Waals surface area (Å²) >= 11 is 0. The molecule has 1 N–H and O–H groups in total. The monoisotopic (exact) mass is 280 g/mol. The molecule has 4 heteroatoms. The zero-order chi connectivity index (χ0) is 14.3. The molecule has 0 aromatic carbocycles. The highest BCUT2D eigenvalue weighted by molar-refractivity contribution is 5.74. The summed E-state index contributed by atoms with van der Waals surface area (Å²) in [6.45, 7) is 9.72. The number of fused-ring (bicyclic) bond motifs is 3. The van der Waals surface area contributed by atoms with E-state index in [1.165, 1.54) is 39.0 Å². The van der Waals surface area contributed by atoms with Crippen molar-refractivity contribution in [2.45, 2.75) is 45.6 Å². The fourth-order valence-electron chi connectivity index (χ4n) is 4.42. The molecule has 4 saturated heterocycles. The molecule has 0 radical (unpaired) electrons. The van der Waals surface area contributed by atoms with Crippen LogP contribution in [0, 0.1) is 17.3 Å². The number of likely N-dealkylation sites (tertiary alicyclic amines) is 1. The van der Waals surface area contributed by atoms with Crippen LogP contribution in [0.25, 0.3) is 0 Å². The maximum absolute atomic E-state index is 11.5. The average molecular weight is 280 g/mol. The molecular weight excluding hydrogens is 252 g/mol. The molecule has 0 saturated carbocycles. The zero-order valence-corrected chi connectivity index (χ0v) is 12.8. The van der Waals surface area contributed by atoms with Crippen molar-refractivity contribution in [3.8, 4) is 0 Å². The van der Waals surface area contributed by atoms with Crippen molar-refractivity contribution in [2.24, 2.45) is 17.3 Å². The first kappa shape index (κ1) is 14.3. The average Bonchev–Trinajstić information content (AvgIpc) is 2.48. The van der Waals surface area contributed by atoms with Crippen LogP contribution in [0.5, 0.6) is 0 Å². The molecule has 4 heterocycles. The van der Waals surface area contributed by atoms with Gasteiger partial charge in [-0.15, -0.1) is 0 Å². The van der Waals surface area contributed by atoms with Gasteiger partial charge in [0.2, 0.25) is 0 Å². The van der Waals surface area contributed by atoms with E-state index >= 15 is 0 Å². The highest BCUT2D eigenvalue weighted by Gasteiger charge is 2.43. The Morgan fingerprint density at radius 2 is 1.80 bits per heavy atom. The van der Waals surface area contributed by atoms with Crippen LogP contribution in [0.3, 0.4) is 0 Å². The van der Waals surface area contributed by atoms with Crippen LogP contribution in [0.2, 0.25) is 0 Å². The van der Waals surface area contributed by atoms with Crippen molar-refractivity contribution in [2.75, 3.05) is 32.7 Å². The molecule has 0 amide bonds. The van der Waals surface area contributed by atoms with Gasteiger partial charge in [0.25, 0.3) is 0 Å². The fraction of sp³-hybridized carbons (Fsp3) is 0.938. The third-order valence-corrected chi connectivity index (χ3v) is 6.12. The van der Waals surface area contributed by atoms with Crippen molar-refractivity contribution >= 4 is 5.97 Å². The fourth-order valence-corrected chi connectivity index (χ4v) is 4.42. The van der Waals surface area contributed by atoms with Gasteiger partial charge in [0.05, 0.1) is 5.41 Å². The van der Waals surface area contributed by atoms with E-state index in [1.807, 2.05) is 13.8 Å². The third-order valence-electron chi connectivity index (χ3n) is 6.12. The number of aliphatic carboxylic acids is 1. The van der Waals surface area contributed by atoms with E-state index in [-0.39, 0.29) is 0 Å². The smallest absolute Gasteiger partial charge is 0.309 e. The summed E-state index contributed by atoms with van der Waals surface area (Å²) in [7, 11) is 0. The molecule has 0 aromatic rings. The molecule has 4 aliphatic heterocycles. The van der Waals surface area contributed by atoms with Crippen LogP contribution in [-0.4, -0.2) is 59.6 Å². The highest BCUT2D eigenvalue weighted by atomic mass is 16.4. The van der Waals surface area contributed by atoms with E-state index in [1.54, 1.807) is 0 Å². The van der Waals surface area contributed by atoms with Crippen LogP contribution in [0.4, 0.5) is 0 Å². The van der Waals surface area contributed by atoms with Crippen LogP contribution in [-0.2, 0) is 4.79 Å². The van der Waals surface area contributed by atoms with Gasteiger partial charge in [-0.3, -0.25) is 9.69 Å². The van der Waals surface area contributed by atoms with Gasteiger partial charge in [-0.2, -0.15) is 0 Å². The lowest BCUT2D eigenvalue weighted by Crippen LogP contribution is -2.60. The Balaban J connectivity index is 1.68. The lowest BCUT2D eigenvalue weighted by molar-refractivity contribution is -0.152. The molecule has 2 unspecified atom stereocenters. The Bertz CT molecular complexity index is 375. The second-order valence-electron chi connectivity index (χ2n) is 7.57. The number of rotatable bonds is 3. The van der Waals surface area contributed by atoms with E-state index in [0.717, 1.165) is 25.3 Å². The van der Waals surface area contributed by atoms with Gasteiger partial charge >= 0.3 is 5.97 Å². The van der Waals surface area contributed by atoms with Gasteiger partial charge < -0.3 is 10.0 Å². The topological polar surface area (TPSA) is 43.8 Å². The largest absolute Gasteiger partial charge is 0.481 e. The minimum atomic E-state index is -0.640. The summed E-state index contributed by atoms with van der Waals surface area (Å²) in [5.74, 6) is 0.508. The standard InChI is InChI=1S/C16H28N2O2/c1-16(2,15(19)20)13-4-3-7-18(10-13)14-11-17-8-5-12(14)6-9-17/h12-14H,3-11H2,1-2H3,(H,19,20). The van der Waals surface area contributed by atoms with Crippen molar-refractivity contribution < 1.29 is 9.90 Å². The molecule has 114 valence electrons. The zero-order valence-electron chi connectivity index (χ0n) is 12.8. The molecule has 4 nitrogen and oxygen atoms in total. The van der Waals surface area contributed by atoms with Gasteiger partial charge in [-0.25, -0.2) is 0 Å². The predicted octanol–water partition coefficient (Wildman–Crippen LogP) is 1.90. The molecule has 2 bridgehead atoms. The Hall–Kier alpha value is -0.610. The summed E-state index contributed by atoms with van der Waals surface area (Å²) in [5, 5.41) is 9.47. The number of nitrogens with zero attached hydrogens (tertiary/aromatic N) is 2. The van der Waals surface area contributed by atoms with E-state index in [2.05, 4.69) is 9.80 Å². The SMILES string of the molecule is CC(C)(C(=O)O)C1CCCN(C2CN3CCC2CC3)C1. The van der Waals surface area contributed by atoms with Crippen molar-refractivity contribution in [3.63, 3.8) is 0 Å². The Kier molecular flexibility index (Phi) is 3.80. The first-order valence-corrected chi connectivity index (χ1v) is 8.18. The Morgan fingerprint density at radius 1 is 1.10 bits per heavy atom. The first-order valence-electron chi connectivity index (χ1n) is 8.18. The first-order chi connectivity index (χ1) is 9.48. The van der Waals surface area contributed by atoms with Gasteiger partial charge in [-0.05, 0) is 71.0 Å². The van der Waals surface area contributed by atoms with Crippen LogP contribution in [0.15, 0.2) is 0 Å². The summed E-state index contributed by atoms with van der Waals surface area (Å²) < 4.78 is 0. The van der Waals surface area contributed by atoms with E-state index < -0.39 is 11.4 Å². The van der Waals surface area contributed by atoms with Crippen LogP contribution < -0.4 is 0 Å². The number of hydrogen-bond acceptors (Lipinski definition) is 3. The molecule has 4 aliphatic rings. The molecule has 2 atom stereocenters. The molecule has 0 aromatic heterocycles. The molecular formula is C16H28N2O2. The van der Waals surface area contributed by atoms with Gasteiger partial charge in [0, 0.05) is 19.1 Å². The van der Waals surface area contributed by atoms with Crippen molar-refractivity contribution in [3.05, 3.63) is 0 Å². The molecule has 4 rings (SSSR count). The second kappa shape index (κ2) is 5.30. The van der Waals surface area contributed by atoms with Crippen molar-refractivity contribution in [1.82, 2.24) is 9.80 Å². The number of carboxylic acids is 1. The molecule has 20 heavy (non-hydrogen) atoms. The minimum Gasteiger partial charge on any atom is -0.481 e. The second-order valence-corrected chi connectivity index (χ2v) is 7.57. The van der Waals surface area contributed by atoms with Crippen LogP contribution >= 0.6 is 0 Å². The summed E-state index contributed by atoms with van der Waals surface area (Å²) in [4.78, 5) is 16.7. The Labute approximate surface area is 122 Å². The quantitative estimate of drug-likeness (QED) is 0.857. The van der Waals surface area contributed by atoms with Gasteiger partial charge in [0.1, 0.15) is 0 Å². The number of piperidine rings is 4. The summed E-state index contributed by atoms with van der Waals surface area (Å²) in [6.07, 6.45) is 4.91. The van der Waals surface area contributed by atoms with E-state index in [0.29, 0.717) is 12.0 Å². The molecule has 0 spiro atoms. The van der Waals surface area contributed by atoms with E-state index in [9.17, 15) is 9.90 Å². The minimum absolute atomic E-state index is 0.296. The number of carboxylic acid groups (broad SMARTS) is 1. The molecule has 0 aliphatic carbocycles. The van der Waals surface area contributed by atoms with Gasteiger partial charge in [0.15, 0.2) is 0 Å².